The molecule has 0 bridgehead atoms. The summed E-state index contributed by atoms with van der Waals surface area (Å²) in [6, 6.07) is 5.64. The summed E-state index contributed by atoms with van der Waals surface area (Å²) >= 11 is 9.59. The molecule has 5 heteroatoms. The van der Waals surface area contributed by atoms with Crippen molar-refractivity contribution in [3.05, 3.63) is 39.8 Å². The molecule has 1 N–H and O–H groups in total. The molecule has 0 saturated heterocycles. The van der Waals surface area contributed by atoms with Gasteiger partial charge in [0.15, 0.2) is 5.76 Å². The monoisotopic (exact) mass is 342 g/mol. The van der Waals surface area contributed by atoms with Gasteiger partial charge in [-0.3, -0.25) is 0 Å². The first-order valence-corrected chi connectivity index (χ1v) is 7.17. The first kappa shape index (κ1) is 14.6. The van der Waals surface area contributed by atoms with Gasteiger partial charge >= 0.3 is 0 Å². The van der Waals surface area contributed by atoms with E-state index in [2.05, 4.69) is 47.0 Å². The number of halogens is 2. The average molecular weight is 344 g/mol. The second-order valence-corrected chi connectivity index (χ2v) is 6.67. The maximum atomic E-state index is 6.17. The molecule has 1 aromatic heterocycles. The molecular weight excluding hydrogens is 328 g/mol. The fraction of sp³-hybridized carbons (Fsp3) is 0.357. The van der Waals surface area contributed by atoms with E-state index in [1.807, 2.05) is 18.2 Å². The van der Waals surface area contributed by atoms with Crippen molar-refractivity contribution in [3.8, 4) is 11.3 Å². The number of nitrogens with one attached hydrogen (secondary N) is 1. The van der Waals surface area contributed by atoms with Crippen LogP contribution in [0.2, 0.25) is 5.02 Å². The lowest BCUT2D eigenvalue weighted by Crippen LogP contribution is -2.35. The number of nitrogens with zero attached hydrogens (tertiary/aromatic N) is 1. The summed E-state index contributed by atoms with van der Waals surface area (Å²) in [4.78, 5) is 4.26. The number of hydrogen-bond donors (Lipinski definition) is 1. The van der Waals surface area contributed by atoms with E-state index in [0.717, 1.165) is 10.0 Å². The highest BCUT2D eigenvalue weighted by Gasteiger charge is 2.13. The molecule has 0 atom stereocenters. The Labute approximate surface area is 126 Å². The fourth-order valence-electron chi connectivity index (χ4n) is 1.54. The van der Waals surface area contributed by atoms with Crippen molar-refractivity contribution < 1.29 is 4.42 Å². The van der Waals surface area contributed by atoms with Crippen LogP contribution in [0.3, 0.4) is 0 Å². The number of benzene rings is 1. The van der Waals surface area contributed by atoms with Crippen LogP contribution in [0.4, 0.5) is 0 Å². The predicted molar refractivity (Wildman–Crippen MR) is 81.2 cm³/mol. The highest BCUT2D eigenvalue weighted by atomic mass is 79.9. The minimum atomic E-state index is 0.0298. The van der Waals surface area contributed by atoms with E-state index < -0.39 is 0 Å². The van der Waals surface area contributed by atoms with Gasteiger partial charge in [-0.25, -0.2) is 4.98 Å². The minimum absolute atomic E-state index is 0.0298. The smallest absolute Gasteiger partial charge is 0.208 e. The Hall–Kier alpha value is -0.840. The van der Waals surface area contributed by atoms with Crippen molar-refractivity contribution in [3.63, 3.8) is 0 Å². The van der Waals surface area contributed by atoms with Crippen molar-refractivity contribution in [2.24, 2.45) is 0 Å². The first-order valence-electron chi connectivity index (χ1n) is 6.00. The average Bonchev–Trinajstić information content (AvgIpc) is 2.77. The Morgan fingerprint density at radius 3 is 2.79 bits per heavy atom. The second kappa shape index (κ2) is 5.65. The van der Waals surface area contributed by atoms with Crippen LogP contribution in [-0.4, -0.2) is 10.5 Å². The van der Waals surface area contributed by atoms with E-state index in [1.54, 1.807) is 6.20 Å². The van der Waals surface area contributed by atoms with Crippen molar-refractivity contribution in [2.75, 3.05) is 0 Å². The van der Waals surface area contributed by atoms with Crippen LogP contribution in [0.1, 0.15) is 26.7 Å². The number of aromatic nitrogens is 1. The van der Waals surface area contributed by atoms with Crippen LogP contribution >= 0.6 is 27.5 Å². The maximum Gasteiger partial charge on any atom is 0.208 e. The lowest BCUT2D eigenvalue weighted by atomic mass is 10.1. The number of hydrogen-bond acceptors (Lipinski definition) is 3. The number of rotatable bonds is 3. The van der Waals surface area contributed by atoms with E-state index >= 15 is 0 Å². The van der Waals surface area contributed by atoms with Crippen LogP contribution in [0.15, 0.2) is 33.3 Å². The minimum Gasteiger partial charge on any atom is -0.439 e. The zero-order chi connectivity index (χ0) is 14.0. The van der Waals surface area contributed by atoms with E-state index in [1.165, 1.54) is 0 Å². The second-order valence-electron chi connectivity index (χ2n) is 5.35. The quantitative estimate of drug-likeness (QED) is 0.882. The third kappa shape index (κ3) is 4.06. The molecule has 0 saturated carbocycles. The molecule has 0 radical (unpaired) electrons. The van der Waals surface area contributed by atoms with Crippen molar-refractivity contribution in [2.45, 2.75) is 32.9 Å². The van der Waals surface area contributed by atoms with E-state index in [4.69, 9.17) is 16.0 Å². The summed E-state index contributed by atoms with van der Waals surface area (Å²) in [7, 11) is 0. The van der Waals surface area contributed by atoms with Gasteiger partial charge in [-0.1, -0.05) is 27.5 Å². The molecule has 2 rings (SSSR count). The highest BCUT2D eigenvalue weighted by Crippen LogP contribution is 2.31. The zero-order valence-corrected chi connectivity index (χ0v) is 13.5. The molecule has 0 fully saturated rings. The van der Waals surface area contributed by atoms with Crippen LogP contribution in [0, 0.1) is 0 Å². The third-order valence-electron chi connectivity index (χ3n) is 2.52. The van der Waals surface area contributed by atoms with Gasteiger partial charge in [0.1, 0.15) is 0 Å². The van der Waals surface area contributed by atoms with Gasteiger partial charge < -0.3 is 9.73 Å². The molecule has 1 heterocycles. The molecule has 3 nitrogen and oxygen atoms in total. The van der Waals surface area contributed by atoms with Crippen molar-refractivity contribution in [1.82, 2.24) is 10.3 Å². The fourth-order valence-corrected chi connectivity index (χ4v) is 2.12. The summed E-state index contributed by atoms with van der Waals surface area (Å²) in [5.41, 5.74) is 0.868. The Morgan fingerprint density at radius 1 is 1.37 bits per heavy atom. The van der Waals surface area contributed by atoms with Gasteiger partial charge in [0, 0.05) is 15.6 Å². The predicted octanol–water partition coefficient (Wildman–Crippen LogP) is 4.65. The van der Waals surface area contributed by atoms with Gasteiger partial charge in [0.05, 0.1) is 17.8 Å². The lowest BCUT2D eigenvalue weighted by molar-refractivity contribution is 0.383. The number of oxazole rings is 1. The molecule has 0 aliphatic heterocycles. The Bertz CT molecular complexity index is 575. The van der Waals surface area contributed by atoms with Crippen LogP contribution in [0.5, 0.6) is 0 Å². The highest BCUT2D eigenvalue weighted by molar-refractivity contribution is 9.10. The van der Waals surface area contributed by atoms with Crippen molar-refractivity contribution >= 4 is 27.5 Å². The molecular formula is C14H16BrClN2O. The molecule has 0 aliphatic rings. The van der Waals surface area contributed by atoms with Crippen LogP contribution in [0.25, 0.3) is 11.3 Å². The normalized spacial score (nSPS) is 11.8. The maximum absolute atomic E-state index is 6.17. The summed E-state index contributed by atoms with van der Waals surface area (Å²) in [6.45, 7) is 6.89. The van der Waals surface area contributed by atoms with E-state index in [9.17, 15) is 0 Å². The molecule has 0 amide bonds. The Kier molecular flexibility index (Phi) is 4.33. The molecule has 1 aromatic carbocycles. The summed E-state index contributed by atoms with van der Waals surface area (Å²) < 4.78 is 6.68. The van der Waals surface area contributed by atoms with Gasteiger partial charge in [-0.05, 0) is 39.0 Å². The van der Waals surface area contributed by atoms with Crippen LogP contribution in [-0.2, 0) is 6.54 Å². The Balaban J connectivity index is 2.19. The molecule has 102 valence electrons. The molecule has 0 aliphatic carbocycles. The molecule has 19 heavy (non-hydrogen) atoms. The van der Waals surface area contributed by atoms with E-state index in [0.29, 0.717) is 23.2 Å². The summed E-state index contributed by atoms with van der Waals surface area (Å²) in [6.07, 6.45) is 1.70. The van der Waals surface area contributed by atoms with E-state index in [-0.39, 0.29) is 5.54 Å². The molecule has 0 spiro atoms. The van der Waals surface area contributed by atoms with Gasteiger partial charge in [-0.2, -0.15) is 0 Å². The SMILES string of the molecule is CC(C)(C)NCc1ncc(-c2cc(Br)ccc2Cl)o1. The Morgan fingerprint density at radius 2 is 2.11 bits per heavy atom. The first-order chi connectivity index (χ1) is 8.85. The molecule has 0 unspecified atom stereocenters. The van der Waals surface area contributed by atoms with Crippen LogP contribution < -0.4 is 5.32 Å². The largest absolute Gasteiger partial charge is 0.439 e. The standard InChI is InChI=1S/C14H16BrClN2O/c1-14(2,3)18-8-13-17-7-12(19-13)10-6-9(15)4-5-11(10)16/h4-7,18H,8H2,1-3H3. The summed E-state index contributed by atoms with van der Waals surface area (Å²) in [5, 5.41) is 3.98. The van der Waals surface area contributed by atoms with Gasteiger partial charge in [-0.15, -0.1) is 0 Å². The van der Waals surface area contributed by atoms with Crippen molar-refractivity contribution in [1.29, 1.82) is 0 Å². The zero-order valence-electron chi connectivity index (χ0n) is 11.1. The van der Waals surface area contributed by atoms with Gasteiger partial charge in [0.2, 0.25) is 5.89 Å². The topological polar surface area (TPSA) is 38.1 Å². The molecule has 2 aromatic rings. The third-order valence-corrected chi connectivity index (χ3v) is 3.34. The van der Waals surface area contributed by atoms with Gasteiger partial charge in [0.25, 0.3) is 0 Å². The summed E-state index contributed by atoms with van der Waals surface area (Å²) in [5.74, 6) is 1.33. The lowest BCUT2D eigenvalue weighted by Gasteiger charge is -2.18.